The lowest BCUT2D eigenvalue weighted by Gasteiger charge is -2.22. The van der Waals surface area contributed by atoms with E-state index in [9.17, 15) is 18.9 Å². The van der Waals surface area contributed by atoms with Gasteiger partial charge in [0.25, 0.3) is 5.91 Å². The van der Waals surface area contributed by atoms with Crippen LogP contribution in [0.2, 0.25) is 0 Å². The molecule has 0 saturated heterocycles. The second-order valence-corrected chi connectivity index (χ2v) is 16.7. The van der Waals surface area contributed by atoms with Gasteiger partial charge in [-0.1, -0.05) is 58.0 Å². The highest BCUT2D eigenvalue weighted by molar-refractivity contribution is 7.94. The Balaban J connectivity index is 1.78. The molecule has 45 heavy (non-hydrogen) atoms. The van der Waals surface area contributed by atoms with E-state index in [1.54, 1.807) is 34.6 Å². The molecule has 1 aliphatic rings. The number of amides is 2. The molecule has 0 radical (unpaired) electrons. The van der Waals surface area contributed by atoms with Crippen molar-refractivity contribution in [2.24, 2.45) is 4.36 Å². The first-order valence-corrected chi connectivity index (χ1v) is 17.6. The quantitative estimate of drug-likeness (QED) is 0.259. The molecule has 1 unspecified atom stereocenters. The molecule has 2 amide bonds. The summed E-state index contributed by atoms with van der Waals surface area (Å²) >= 11 is 0.920. The van der Waals surface area contributed by atoms with Crippen molar-refractivity contribution in [2.75, 3.05) is 6.61 Å². The van der Waals surface area contributed by atoms with Crippen LogP contribution in [0.5, 0.6) is 0 Å². The van der Waals surface area contributed by atoms with Gasteiger partial charge < -0.3 is 14.6 Å². The normalized spacial score (nSPS) is 15.0. The van der Waals surface area contributed by atoms with Crippen LogP contribution in [0.4, 0.5) is 4.79 Å². The number of rotatable bonds is 8. The Hall–Kier alpha value is -3.12. The lowest BCUT2D eigenvalue weighted by Crippen LogP contribution is -2.36. The van der Waals surface area contributed by atoms with Crippen molar-refractivity contribution in [3.63, 3.8) is 0 Å². The van der Waals surface area contributed by atoms with E-state index < -0.39 is 33.1 Å². The summed E-state index contributed by atoms with van der Waals surface area (Å²) in [5, 5.41) is 10.7. The molecule has 1 aliphatic heterocycles. The Morgan fingerprint density at radius 1 is 1.04 bits per heavy atom. The number of thiazole rings is 1. The number of aliphatic hydroxyl groups is 1. The number of nitrogens with one attached hydrogen (secondary N) is 1. The maximum Gasteiger partial charge on any atom is 0.420 e. The molecule has 0 fully saturated rings. The predicted octanol–water partition coefficient (Wildman–Crippen LogP) is 7.39. The number of benzene rings is 2. The third-order valence-corrected chi connectivity index (χ3v) is 10.9. The van der Waals surface area contributed by atoms with Gasteiger partial charge in [0.05, 0.1) is 25.8 Å². The van der Waals surface area contributed by atoms with E-state index in [2.05, 4.69) is 72.1 Å². The number of carbonyl (C=O) groups excluding carboxylic acids is 2. The average Bonchev–Trinajstić information content (AvgIpc) is 3.43. The fraction of sp³-hybridized carbons (Fsp3) is 0.500. The van der Waals surface area contributed by atoms with Crippen LogP contribution in [0.1, 0.15) is 107 Å². The van der Waals surface area contributed by atoms with E-state index in [1.807, 2.05) is 0 Å². The Morgan fingerprint density at radius 2 is 1.69 bits per heavy atom. The zero-order valence-electron chi connectivity index (χ0n) is 27.6. The van der Waals surface area contributed by atoms with Crippen LogP contribution in [-0.2, 0) is 49.2 Å². The highest BCUT2D eigenvalue weighted by Gasteiger charge is 2.29. The van der Waals surface area contributed by atoms with Crippen molar-refractivity contribution in [3.05, 3.63) is 69.4 Å². The number of hydrogen-bond acceptors (Lipinski definition) is 8. The number of nitrogens with zero attached hydrogens (tertiary/aromatic N) is 2. The lowest BCUT2D eigenvalue weighted by molar-refractivity contribution is -0.117. The highest BCUT2D eigenvalue weighted by atomic mass is 32.2. The molecule has 0 aliphatic carbocycles. The van der Waals surface area contributed by atoms with Crippen molar-refractivity contribution >= 4 is 33.3 Å². The van der Waals surface area contributed by atoms with Crippen LogP contribution < -0.4 is 4.72 Å². The van der Waals surface area contributed by atoms with Gasteiger partial charge in [0.15, 0.2) is 9.92 Å². The van der Waals surface area contributed by atoms with E-state index in [0.717, 1.165) is 45.6 Å². The number of fused-ring (bicyclic) bond motifs is 1. The van der Waals surface area contributed by atoms with Crippen LogP contribution in [-0.4, -0.2) is 38.5 Å². The summed E-state index contributed by atoms with van der Waals surface area (Å²) in [4.78, 5) is 30.7. The van der Waals surface area contributed by atoms with Gasteiger partial charge in [-0.25, -0.2) is 18.7 Å². The van der Waals surface area contributed by atoms with Crippen molar-refractivity contribution in [2.45, 2.75) is 109 Å². The summed E-state index contributed by atoms with van der Waals surface area (Å²) < 4.78 is 31.8. The van der Waals surface area contributed by atoms with E-state index >= 15 is 0 Å². The first-order valence-electron chi connectivity index (χ1n) is 15.2. The highest BCUT2D eigenvalue weighted by Crippen LogP contribution is 2.36. The smallest absolute Gasteiger partial charge is 0.420 e. The lowest BCUT2D eigenvalue weighted by atomic mass is 9.83. The van der Waals surface area contributed by atoms with Gasteiger partial charge in [-0.05, 0) is 91.8 Å². The second kappa shape index (κ2) is 13.3. The van der Waals surface area contributed by atoms with Gasteiger partial charge in [0, 0.05) is 0 Å². The minimum absolute atomic E-state index is 0.0418. The molecule has 11 heteroatoms. The Bertz CT molecular complexity index is 1670. The SMILES string of the molecule is CC(C)c1cc(-c2ccc3c(c2)CCOC3)cc(C(C)C)c1CC(=O)N=S(=O)(NC(=O)OC(C)(C)C)c1cnc(C(C)(C)O)s1. The fourth-order valence-electron chi connectivity index (χ4n) is 5.19. The Labute approximate surface area is 271 Å². The zero-order valence-corrected chi connectivity index (χ0v) is 29.3. The van der Waals surface area contributed by atoms with Crippen LogP contribution in [0.15, 0.2) is 45.1 Å². The minimum Gasteiger partial charge on any atom is -0.443 e. The minimum atomic E-state index is -3.84. The van der Waals surface area contributed by atoms with Crippen molar-refractivity contribution in [1.29, 1.82) is 0 Å². The average molecular weight is 656 g/mol. The van der Waals surface area contributed by atoms with E-state index in [0.29, 0.717) is 13.2 Å². The van der Waals surface area contributed by atoms with Gasteiger partial charge in [-0.15, -0.1) is 15.7 Å². The molecule has 0 saturated carbocycles. The van der Waals surface area contributed by atoms with Gasteiger partial charge in [0.1, 0.15) is 20.4 Å². The summed E-state index contributed by atoms with van der Waals surface area (Å²) in [7, 11) is -3.84. The largest absolute Gasteiger partial charge is 0.443 e. The number of carbonyl (C=O) groups is 2. The molecular weight excluding hydrogens is 611 g/mol. The van der Waals surface area contributed by atoms with E-state index in [1.165, 1.54) is 17.3 Å². The summed E-state index contributed by atoms with van der Waals surface area (Å²) in [5.41, 5.74) is 5.35. The number of ether oxygens (including phenoxy) is 2. The molecule has 4 rings (SSSR count). The first-order chi connectivity index (χ1) is 20.9. The predicted molar refractivity (Wildman–Crippen MR) is 178 cm³/mol. The molecule has 0 bridgehead atoms. The van der Waals surface area contributed by atoms with Crippen molar-refractivity contribution in [1.82, 2.24) is 9.71 Å². The van der Waals surface area contributed by atoms with E-state index in [4.69, 9.17) is 9.47 Å². The van der Waals surface area contributed by atoms with Crippen LogP contribution in [0, 0.1) is 0 Å². The Kier molecular flexibility index (Phi) is 10.3. The van der Waals surface area contributed by atoms with Crippen molar-refractivity contribution < 1.29 is 28.4 Å². The van der Waals surface area contributed by atoms with Gasteiger partial charge in [-0.2, -0.15) is 0 Å². The van der Waals surface area contributed by atoms with Crippen molar-refractivity contribution in [3.8, 4) is 11.1 Å². The number of aromatic nitrogens is 1. The molecule has 2 aromatic carbocycles. The standard InChI is InChI=1S/C34H45N3O6S2/c1-20(2)26-15-25(22-10-11-24-19-42-13-12-23(24)14-22)16-27(21(3)4)28(26)17-29(38)36-45(41,37-32(39)43-33(5,6)7)30-18-35-31(44-30)34(8,9)40/h10-11,14-16,18,20-21,40H,12-13,17,19H2,1-9H3,(H,36,37,38,39,41). The molecule has 2 N–H and O–H groups in total. The molecule has 244 valence electrons. The fourth-order valence-corrected chi connectivity index (χ4v) is 7.82. The molecule has 0 spiro atoms. The van der Waals surface area contributed by atoms with Crippen LogP contribution >= 0.6 is 11.3 Å². The van der Waals surface area contributed by atoms with Crippen LogP contribution in [0.3, 0.4) is 0 Å². The molecule has 9 nitrogen and oxygen atoms in total. The van der Waals surface area contributed by atoms with E-state index in [-0.39, 0.29) is 27.5 Å². The maximum atomic E-state index is 14.3. The van der Waals surface area contributed by atoms with Gasteiger partial charge in [0.2, 0.25) is 0 Å². The summed E-state index contributed by atoms with van der Waals surface area (Å²) in [6, 6.07) is 10.7. The topological polar surface area (TPSA) is 127 Å². The Morgan fingerprint density at radius 3 is 2.24 bits per heavy atom. The molecule has 2 heterocycles. The zero-order chi connectivity index (χ0) is 33.3. The third-order valence-electron chi connectivity index (χ3n) is 7.34. The van der Waals surface area contributed by atoms with Gasteiger partial charge >= 0.3 is 6.09 Å². The maximum absolute atomic E-state index is 14.3. The summed E-state index contributed by atoms with van der Waals surface area (Å²) in [6.07, 6.45) is 1.06. The van der Waals surface area contributed by atoms with Crippen LogP contribution in [0.25, 0.3) is 11.1 Å². The molecule has 3 aromatic rings. The van der Waals surface area contributed by atoms with Gasteiger partial charge in [-0.3, -0.25) is 4.79 Å². The molecular formula is C34H45N3O6S2. The summed E-state index contributed by atoms with van der Waals surface area (Å²) in [5.74, 6) is -0.465. The molecule has 1 atom stereocenters. The number of hydrogen-bond donors (Lipinski definition) is 2. The monoisotopic (exact) mass is 655 g/mol. The third kappa shape index (κ3) is 8.58. The molecule has 1 aromatic heterocycles. The summed E-state index contributed by atoms with van der Waals surface area (Å²) in [6.45, 7) is 17.8. The first kappa shape index (κ1) is 34.7. The second-order valence-electron chi connectivity index (χ2n) is 13.6.